The van der Waals surface area contributed by atoms with Crippen molar-refractivity contribution < 1.29 is 28.5 Å². The second kappa shape index (κ2) is 12.3. The van der Waals surface area contributed by atoms with Crippen molar-refractivity contribution in [1.29, 1.82) is 0 Å². The first-order valence-electron chi connectivity index (χ1n) is 13.2. The SMILES string of the molecule is CCOc1cc(CN2CCC(C)(COc3ccc(C(=O)O)cc3)CC2)cc(OCC)c1-c1ccc(F)cc1. The van der Waals surface area contributed by atoms with Crippen LogP contribution in [0.1, 0.15) is 49.5 Å². The molecule has 6 nitrogen and oxygen atoms in total. The summed E-state index contributed by atoms with van der Waals surface area (Å²) in [6.45, 7) is 10.4. The first-order chi connectivity index (χ1) is 18.3. The number of likely N-dealkylation sites (tertiary alicyclic amines) is 1. The molecule has 0 atom stereocenters. The number of hydrogen-bond acceptors (Lipinski definition) is 5. The van der Waals surface area contributed by atoms with Gasteiger partial charge in [0.2, 0.25) is 0 Å². The highest BCUT2D eigenvalue weighted by molar-refractivity contribution is 5.87. The molecule has 0 unspecified atom stereocenters. The standard InChI is InChI=1S/C31H36FNO5/c1-4-36-27-18-22(19-28(37-5-2)29(27)23-6-10-25(32)11-7-23)20-33-16-14-31(3,15-17-33)21-38-26-12-8-24(9-13-26)30(34)35/h6-13,18-19H,4-5,14-17,20-21H2,1-3H3,(H,34,35). The van der Waals surface area contributed by atoms with E-state index in [9.17, 15) is 9.18 Å². The van der Waals surface area contributed by atoms with E-state index in [4.69, 9.17) is 19.3 Å². The third-order valence-corrected chi connectivity index (χ3v) is 7.02. The monoisotopic (exact) mass is 521 g/mol. The van der Waals surface area contributed by atoms with E-state index in [0.29, 0.717) is 25.6 Å². The molecule has 0 aliphatic carbocycles. The Morgan fingerprint density at radius 1 is 0.921 bits per heavy atom. The molecule has 202 valence electrons. The van der Waals surface area contributed by atoms with E-state index >= 15 is 0 Å². The lowest BCUT2D eigenvalue weighted by molar-refractivity contribution is 0.0654. The maximum Gasteiger partial charge on any atom is 0.335 e. The van der Waals surface area contributed by atoms with Crippen LogP contribution in [-0.4, -0.2) is 48.9 Å². The number of carboxylic acids is 1. The Labute approximate surface area is 224 Å². The van der Waals surface area contributed by atoms with Crippen LogP contribution in [0, 0.1) is 11.2 Å². The molecule has 1 aliphatic heterocycles. The fourth-order valence-corrected chi connectivity index (χ4v) is 4.78. The summed E-state index contributed by atoms with van der Waals surface area (Å²) in [6.07, 6.45) is 1.98. The molecule has 0 aromatic heterocycles. The molecule has 3 aromatic carbocycles. The van der Waals surface area contributed by atoms with E-state index in [-0.39, 0.29) is 16.8 Å². The molecular formula is C31H36FNO5. The highest BCUT2D eigenvalue weighted by Crippen LogP contribution is 2.41. The van der Waals surface area contributed by atoms with Gasteiger partial charge in [-0.05, 0) is 99.4 Å². The molecule has 1 N–H and O–H groups in total. The maximum atomic E-state index is 13.6. The van der Waals surface area contributed by atoms with Crippen molar-refractivity contribution in [1.82, 2.24) is 4.90 Å². The minimum Gasteiger partial charge on any atom is -0.493 e. The molecule has 1 saturated heterocycles. The smallest absolute Gasteiger partial charge is 0.335 e. The summed E-state index contributed by atoms with van der Waals surface area (Å²) in [5.41, 5.74) is 3.11. The quantitative estimate of drug-likeness (QED) is 0.304. The van der Waals surface area contributed by atoms with Gasteiger partial charge in [-0.2, -0.15) is 0 Å². The zero-order valence-electron chi connectivity index (χ0n) is 22.3. The molecule has 1 heterocycles. The number of carboxylic acid groups (broad SMARTS) is 1. The Hall–Kier alpha value is -3.58. The normalized spacial score (nSPS) is 15.2. The van der Waals surface area contributed by atoms with Gasteiger partial charge < -0.3 is 19.3 Å². The second-order valence-corrected chi connectivity index (χ2v) is 10.0. The van der Waals surface area contributed by atoms with E-state index in [0.717, 1.165) is 60.7 Å². The highest BCUT2D eigenvalue weighted by Gasteiger charge is 2.31. The Morgan fingerprint density at radius 2 is 1.50 bits per heavy atom. The number of carbonyl (C=O) groups is 1. The second-order valence-electron chi connectivity index (χ2n) is 10.0. The molecule has 0 saturated carbocycles. The van der Waals surface area contributed by atoms with Crippen molar-refractivity contribution in [2.75, 3.05) is 32.9 Å². The van der Waals surface area contributed by atoms with Crippen LogP contribution in [0.2, 0.25) is 0 Å². The zero-order valence-corrected chi connectivity index (χ0v) is 22.3. The van der Waals surface area contributed by atoms with Crippen LogP contribution in [0.5, 0.6) is 17.2 Å². The largest absolute Gasteiger partial charge is 0.493 e. The zero-order chi connectivity index (χ0) is 27.1. The third kappa shape index (κ3) is 6.84. The van der Waals surface area contributed by atoms with Gasteiger partial charge in [0.25, 0.3) is 0 Å². The molecule has 1 fully saturated rings. The summed E-state index contributed by atoms with van der Waals surface area (Å²) in [6, 6.07) is 17.1. The topological polar surface area (TPSA) is 68.2 Å². The van der Waals surface area contributed by atoms with Gasteiger partial charge in [0.05, 0.1) is 30.9 Å². The van der Waals surface area contributed by atoms with Gasteiger partial charge in [-0.25, -0.2) is 9.18 Å². The molecule has 0 amide bonds. The van der Waals surface area contributed by atoms with Crippen molar-refractivity contribution in [3.8, 4) is 28.4 Å². The summed E-state index contributed by atoms with van der Waals surface area (Å²) in [7, 11) is 0. The average molecular weight is 522 g/mol. The average Bonchev–Trinajstić information content (AvgIpc) is 2.90. The van der Waals surface area contributed by atoms with Gasteiger partial charge in [-0.1, -0.05) is 19.1 Å². The number of halogens is 1. The summed E-state index contributed by atoms with van der Waals surface area (Å²) >= 11 is 0. The predicted octanol–water partition coefficient (Wildman–Crippen LogP) is 6.67. The molecule has 38 heavy (non-hydrogen) atoms. The summed E-state index contributed by atoms with van der Waals surface area (Å²) < 4.78 is 31.6. The molecular weight excluding hydrogens is 485 g/mol. The van der Waals surface area contributed by atoms with E-state index < -0.39 is 5.97 Å². The number of nitrogens with zero attached hydrogens (tertiary/aromatic N) is 1. The molecule has 3 aromatic rings. The highest BCUT2D eigenvalue weighted by atomic mass is 19.1. The molecule has 0 bridgehead atoms. The minimum atomic E-state index is -0.942. The van der Waals surface area contributed by atoms with E-state index in [1.165, 1.54) is 12.1 Å². The lowest BCUT2D eigenvalue weighted by Gasteiger charge is -2.39. The van der Waals surface area contributed by atoms with Gasteiger partial charge >= 0.3 is 5.97 Å². The van der Waals surface area contributed by atoms with Crippen LogP contribution in [0.4, 0.5) is 4.39 Å². The van der Waals surface area contributed by atoms with Crippen molar-refractivity contribution in [3.05, 3.63) is 77.6 Å². The number of ether oxygens (including phenoxy) is 3. The molecule has 1 aliphatic rings. The molecule has 0 radical (unpaired) electrons. The first kappa shape index (κ1) is 27.5. The lowest BCUT2D eigenvalue weighted by Crippen LogP contribution is -2.41. The van der Waals surface area contributed by atoms with Crippen LogP contribution < -0.4 is 14.2 Å². The number of piperidine rings is 1. The van der Waals surface area contributed by atoms with Gasteiger partial charge in [0.1, 0.15) is 23.1 Å². The van der Waals surface area contributed by atoms with Gasteiger partial charge in [0, 0.05) is 12.0 Å². The van der Waals surface area contributed by atoms with Crippen LogP contribution in [0.3, 0.4) is 0 Å². The molecule has 4 rings (SSSR count). The Balaban J connectivity index is 1.42. The van der Waals surface area contributed by atoms with Crippen molar-refractivity contribution in [2.24, 2.45) is 5.41 Å². The van der Waals surface area contributed by atoms with Crippen LogP contribution in [0.15, 0.2) is 60.7 Å². The Kier molecular flexibility index (Phi) is 8.89. The van der Waals surface area contributed by atoms with Gasteiger partial charge in [0.15, 0.2) is 0 Å². The van der Waals surface area contributed by atoms with Crippen molar-refractivity contribution >= 4 is 5.97 Å². The van der Waals surface area contributed by atoms with Gasteiger partial charge in [-0.15, -0.1) is 0 Å². The van der Waals surface area contributed by atoms with Crippen molar-refractivity contribution in [3.63, 3.8) is 0 Å². The number of benzene rings is 3. The van der Waals surface area contributed by atoms with E-state index in [2.05, 4.69) is 24.0 Å². The summed E-state index contributed by atoms with van der Waals surface area (Å²) in [5, 5.41) is 9.07. The number of aromatic carboxylic acids is 1. The van der Waals surface area contributed by atoms with Crippen LogP contribution >= 0.6 is 0 Å². The summed E-state index contributed by atoms with van der Waals surface area (Å²) in [5.74, 6) is 0.947. The van der Waals surface area contributed by atoms with Crippen molar-refractivity contribution in [2.45, 2.75) is 40.2 Å². The van der Waals surface area contributed by atoms with Crippen LogP contribution in [-0.2, 0) is 6.54 Å². The Bertz CT molecular complexity index is 1190. The summed E-state index contributed by atoms with van der Waals surface area (Å²) in [4.78, 5) is 13.5. The molecule has 0 spiro atoms. The van der Waals surface area contributed by atoms with Gasteiger partial charge in [-0.3, -0.25) is 4.90 Å². The number of hydrogen-bond donors (Lipinski definition) is 1. The fraction of sp³-hybridized carbons (Fsp3) is 0.387. The minimum absolute atomic E-state index is 0.0430. The van der Waals surface area contributed by atoms with Crippen LogP contribution in [0.25, 0.3) is 11.1 Å². The predicted molar refractivity (Wildman–Crippen MR) is 146 cm³/mol. The molecule has 7 heteroatoms. The lowest BCUT2D eigenvalue weighted by atomic mass is 9.81. The number of rotatable bonds is 11. The maximum absolute atomic E-state index is 13.6. The third-order valence-electron chi connectivity index (χ3n) is 7.02. The first-order valence-corrected chi connectivity index (χ1v) is 13.2. The van der Waals surface area contributed by atoms with E-state index in [1.807, 2.05) is 13.8 Å². The Morgan fingerprint density at radius 3 is 2.03 bits per heavy atom. The fourth-order valence-electron chi connectivity index (χ4n) is 4.78. The van der Waals surface area contributed by atoms with E-state index in [1.54, 1.807) is 36.4 Å².